The van der Waals surface area contributed by atoms with Gasteiger partial charge in [-0.25, -0.2) is 4.79 Å². The molecule has 0 atom stereocenters. The summed E-state index contributed by atoms with van der Waals surface area (Å²) in [5, 5.41) is 0.512. The fourth-order valence-electron chi connectivity index (χ4n) is 2.96. The largest absolute Gasteiger partial charge is 0.459 e. The summed E-state index contributed by atoms with van der Waals surface area (Å²) in [6, 6.07) is 15.2. The number of hydrogen-bond donors (Lipinski definition) is 1. The molecule has 4 nitrogen and oxygen atoms in total. The lowest BCUT2D eigenvalue weighted by Crippen LogP contribution is -2.37. The van der Waals surface area contributed by atoms with Gasteiger partial charge in [0.1, 0.15) is 6.10 Å². The minimum atomic E-state index is -0.370. The number of nitrogens with zero attached hydrogens (tertiary/aromatic N) is 1. The van der Waals surface area contributed by atoms with Crippen LogP contribution < -0.4 is 5.73 Å². The molecule has 0 saturated carbocycles. The van der Waals surface area contributed by atoms with Crippen LogP contribution in [-0.4, -0.2) is 30.1 Å². The summed E-state index contributed by atoms with van der Waals surface area (Å²) < 4.78 is 5.61. The summed E-state index contributed by atoms with van der Waals surface area (Å²) in [4.78, 5) is 14.6. The highest BCUT2D eigenvalue weighted by molar-refractivity contribution is 6.31. The Morgan fingerprint density at radius 1 is 1.16 bits per heavy atom. The van der Waals surface area contributed by atoms with Crippen LogP contribution in [0.15, 0.2) is 48.5 Å². The van der Waals surface area contributed by atoms with Crippen LogP contribution in [0, 0.1) is 0 Å². The molecular formula is C19H22Cl2N2O2. The summed E-state index contributed by atoms with van der Waals surface area (Å²) in [6.07, 6.45) is 1.62. The molecule has 6 heteroatoms. The first-order valence-corrected chi connectivity index (χ1v) is 8.52. The third kappa shape index (κ3) is 5.36. The molecule has 2 aromatic carbocycles. The van der Waals surface area contributed by atoms with E-state index in [4.69, 9.17) is 22.1 Å². The molecule has 0 spiro atoms. The van der Waals surface area contributed by atoms with Gasteiger partial charge < -0.3 is 10.5 Å². The maximum absolute atomic E-state index is 12.3. The van der Waals surface area contributed by atoms with Gasteiger partial charge in [-0.2, -0.15) is 0 Å². The van der Waals surface area contributed by atoms with E-state index in [2.05, 4.69) is 29.2 Å². The summed E-state index contributed by atoms with van der Waals surface area (Å²) >= 11 is 5.86. The van der Waals surface area contributed by atoms with E-state index in [1.54, 1.807) is 18.2 Å². The van der Waals surface area contributed by atoms with Crippen LogP contribution in [-0.2, 0) is 11.3 Å². The van der Waals surface area contributed by atoms with E-state index in [1.807, 2.05) is 6.07 Å². The van der Waals surface area contributed by atoms with Gasteiger partial charge in [-0.3, -0.25) is 4.90 Å². The molecule has 1 heterocycles. The van der Waals surface area contributed by atoms with E-state index in [0.29, 0.717) is 16.3 Å². The van der Waals surface area contributed by atoms with Crippen molar-refractivity contribution in [2.24, 2.45) is 0 Å². The zero-order valence-corrected chi connectivity index (χ0v) is 15.4. The second-order valence-corrected chi connectivity index (χ2v) is 6.53. The van der Waals surface area contributed by atoms with E-state index in [0.717, 1.165) is 32.5 Å². The summed E-state index contributed by atoms with van der Waals surface area (Å²) in [5.74, 6) is -0.370. The molecule has 0 unspecified atom stereocenters. The van der Waals surface area contributed by atoms with Crippen LogP contribution in [0.4, 0.5) is 5.69 Å². The molecule has 2 aromatic rings. The summed E-state index contributed by atoms with van der Waals surface area (Å²) in [6.45, 7) is 2.78. The smallest absolute Gasteiger partial charge is 0.340 e. The molecular weight excluding hydrogens is 359 g/mol. The standard InChI is InChI=1S/C19H21ClN2O2.ClH/c20-15-6-7-17(18(21)12-15)19(23)24-16-8-10-22(11-9-16)13-14-4-2-1-3-5-14;/h1-7,12,16H,8-11,13,21H2;1H. The molecule has 1 saturated heterocycles. The molecule has 0 bridgehead atoms. The van der Waals surface area contributed by atoms with Crippen molar-refractivity contribution in [1.82, 2.24) is 4.90 Å². The number of benzene rings is 2. The van der Waals surface area contributed by atoms with Gasteiger partial charge in [0.25, 0.3) is 0 Å². The predicted molar refractivity (Wildman–Crippen MR) is 103 cm³/mol. The highest BCUT2D eigenvalue weighted by Gasteiger charge is 2.23. The van der Waals surface area contributed by atoms with Crippen molar-refractivity contribution in [3.63, 3.8) is 0 Å². The Morgan fingerprint density at radius 2 is 1.84 bits per heavy atom. The normalized spacial score (nSPS) is 15.4. The highest BCUT2D eigenvalue weighted by Crippen LogP contribution is 2.22. The zero-order chi connectivity index (χ0) is 16.9. The lowest BCUT2D eigenvalue weighted by atomic mass is 10.1. The minimum Gasteiger partial charge on any atom is -0.459 e. The minimum absolute atomic E-state index is 0. The maximum atomic E-state index is 12.3. The lowest BCUT2D eigenvalue weighted by molar-refractivity contribution is 0.0105. The average Bonchev–Trinajstić information content (AvgIpc) is 2.57. The Kier molecular flexibility index (Phi) is 7.12. The van der Waals surface area contributed by atoms with E-state index >= 15 is 0 Å². The quantitative estimate of drug-likeness (QED) is 0.638. The fourth-order valence-corrected chi connectivity index (χ4v) is 3.14. The molecule has 0 amide bonds. The van der Waals surface area contributed by atoms with Gasteiger partial charge in [0, 0.05) is 30.3 Å². The molecule has 0 aromatic heterocycles. The van der Waals surface area contributed by atoms with Crippen molar-refractivity contribution in [2.75, 3.05) is 18.8 Å². The van der Waals surface area contributed by atoms with Gasteiger partial charge in [0.2, 0.25) is 0 Å². The number of rotatable bonds is 4. The summed E-state index contributed by atoms with van der Waals surface area (Å²) in [5.41, 5.74) is 7.89. The number of nitrogens with two attached hydrogens (primary N) is 1. The van der Waals surface area contributed by atoms with Crippen LogP contribution in [0.2, 0.25) is 5.02 Å². The van der Waals surface area contributed by atoms with Gasteiger partial charge >= 0.3 is 5.97 Å². The number of ether oxygens (including phenoxy) is 1. The van der Waals surface area contributed by atoms with Gasteiger partial charge in [-0.1, -0.05) is 41.9 Å². The van der Waals surface area contributed by atoms with Crippen LogP contribution in [0.5, 0.6) is 0 Å². The second-order valence-electron chi connectivity index (χ2n) is 6.10. The molecule has 1 fully saturated rings. The van der Waals surface area contributed by atoms with Crippen molar-refractivity contribution in [3.05, 3.63) is 64.7 Å². The highest BCUT2D eigenvalue weighted by atomic mass is 35.5. The van der Waals surface area contributed by atoms with E-state index in [9.17, 15) is 4.79 Å². The number of carbonyl (C=O) groups is 1. The first-order chi connectivity index (χ1) is 11.6. The molecule has 3 rings (SSSR count). The third-order valence-corrected chi connectivity index (χ3v) is 4.53. The van der Waals surface area contributed by atoms with E-state index in [-0.39, 0.29) is 24.5 Å². The molecule has 0 radical (unpaired) electrons. The van der Waals surface area contributed by atoms with Crippen molar-refractivity contribution in [2.45, 2.75) is 25.5 Å². The lowest BCUT2D eigenvalue weighted by Gasteiger charge is -2.31. The molecule has 0 aliphatic carbocycles. The predicted octanol–water partition coefficient (Wildman–Crippen LogP) is 4.17. The number of nitrogen functional groups attached to an aromatic ring is 1. The van der Waals surface area contributed by atoms with Crippen molar-refractivity contribution >= 4 is 35.7 Å². The summed E-state index contributed by atoms with van der Waals surface area (Å²) in [7, 11) is 0. The van der Waals surface area contributed by atoms with Gasteiger partial charge in [-0.05, 0) is 36.6 Å². The number of likely N-dealkylation sites (tertiary alicyclic amines) is 1. The number of piperidine rings is 1. The number of carbonyl (C=O) groups excluding carboxylic acids is 1. The van der Waals surface area contributed by atoms with Crippen molar-refractivity contribution < 1.29 is 9.53 Å². The molecule has 1 aliphatic rings. The number of hydrogen-bond acceptors (Lipinski definition) is 4. The number of esters is 1. The van der Waals surface area contributed by atoms with Crippen molar-refractivity contribution in [3.8, 4) is 0 Å². The Morgan fingerprint density at radius 3 is 2.48 bits per heavy atom. The third-order valence-electron chi connectivity index (χ3n) is 4.29. The van der Waals surface area contributed by atoms with E-state index < -0.39 is 0 Å². The average molecular weight is 381 g/mol. The molecule has 2 N–H and O–H groups in total. The Balaban J connectivity index is 0.00000225. The number of anilines is 1. The zero-order valence-electron chi connectivity index (χ0n) is 13.9. The monoisotopic (exact) mass is 380 g/mol. The number of halogens is 2. The molecule has 134 valence electrons. The fraction of sp³-hybridized carbons (Fsp3) is 0.316. The van der Waals surface area contributed by atoms with Gasteiger partial charge in [0.15, 0.2) is 0 Å². The Labute approximate surface area is 159 Å². The maximum Gasteiger partial charge on any atom is 0.340 e. The Bertz CT molecular complexity index is 702. The van der Waals surface area contributed by atoms with E-state index in [1.165, 1.54) is 5.56 Å². The van der Waals surface area contributed by atoms with Crippen LogP contribution in [0.25, 0.3) is 0 Å². The van der Waals surface area contributed by atoms with Gasteiger partial charge in [0.05, 0.1) is 5.56 Å². The van der Waals surface area contributed by atoms with Crippen LogP contribution >= 0.6 is 24.0 Å². The van der Waals surface area contributed by atoms with Gasteiger partial charge in [-0.15, -0.1) is 12.4 Å². The first kappa shape index (κ1) is 19.6. The van der Waals surface area contributed by atoms with Crippen LogP contribution in [0.1, 0.15) is 28.8 Å². The van der Waals surface area contributed by atoms with Crippen LogP contribution in [0.3, 0.4) is 0 Å². The first-order valence-electron chi connectivity index (χ1n) is 8.14. The SMILES string of the molecule is Cl.Nc1cc(Cl)ccc1C(=O)OC1CCN(Cc2ccccc2)CC1. The second kappa shape index (κ2) is 9.09. The molecule has 1 aliphatic heterocycles. The van der Waals surface area contributed by atoms with Crippen molar-refractivity contribution in [1.29, 1.82) is 0 Å². The molecule has 25 heavy (non-hydrogen) atoms. The Hall–Kier alpha value is -1.75. The topological polar surface area (TPSA) is 55.6 Å².